The van der Waals surface area contributed by atoms with Gasteiger partial charge >= 0.3 is 0 Å². The first kappa shape index (κ1) is 19.3. The number of aliphatic hydroxyl groups is 1. The summed E-state index contributed by atoms with van der Waals surface area (Å²) < 4.78 is 0. The number of rotatable bonds is 3. The molecular weight excluding hydrogens is 316 g/mol. The number of benzene rings is 1. The van der Waals surface area contributed by atoms with E-state index < -0.39 is 5.60 Å². The van der Waals surface area contributed by atoms with Gasteiger partial charge in [0.1, 0.15) is 0 Å². The lowest BCUT2D eigenvalue weighted by Gasteiger charge is -2.25. The zero-order chi connectivity index (χ0) is 17.1. The van der Waals surface area contributed by atoms with E-state index in [0.29, 0.717) is 0 Å². The van der Waals surface area contributed by atoms with E-state index in [4.69, 9.17) is 0 Å². The summed E-state index contributed by atoms with van der Waals surface area (Å²) in [6.45, 7) is 0. The van der Waals surface area contributed by atoms with E-state index in [9.17, 15) is 9.90 Å². The topological polar surface area (TPSA) is 37.3 Å². The molecule has 0 aliphatic heterocycles. The van der Waals surface area contributed by atoms with Gasteiger partial charge in [-0.15, -0.1) is 0 Å². The van der Waals surface area contributed by atoms with Crippen molar-refractivity contribution in [3.8, 4) is 0 Å². The van der Waals surface area contributed by atoms with E-state index in [1.807, 2.05) is 30.3 Å². The predicted octanol–water partition coefficient (Wildman–Crippen LogP) is 5.90. The summed E-state index contributed by atoms with van der Waals surface area (Å²) in [5.41, 5.74) is -0.813. The highest BCUT2D eigenvalue weighted by Gasteiger charge is 2.23. The van der Waals surface area contributed by atoms with Crippen LogP contribution >= 0.6 is 11.8 Å². The second-order valence-corrected chi connectivity index (χ2v) is 7.93. The molecule has 1 aliphatic rings. The maximum atomic E-state index is 12.1. The number of hydrogen-bond donors (Lipinski definition) is 1. The van der Waals surface area contributed by atoms with Crippen LogP contribution in [0.5, 0.6) is 0 Å². The first-order valence-electron chi connectivity index (χ1n) is 9.36. The second kappa shape index (κ2) is 10.7. The first-order chi connectivity index (χ1) is 11.7. The molecule has 1 fully saturated rings. The first-order valence-corrected chi connectivity index (χ1v) is 10.2. The van der Waals surface area contributed by atoms with Crippen LogP contribution in [-0.2, 0) is 4.79 Å². The lowest BCUT2D eigenvalue weighted by atomic mass is 9.88. The Morgan fingerprint density at radius 3 is 1.92 bits per heavy atom. The monoisotopic (exact) mass is 346 g/mol. The van der Waals surface area contributed by atoms with Crippen LogP contribution in [0.3, 0.4) is 0 Å². The van der Waals surface area contributed by atoms with Gasteiger partial charge in [0.15, 0.2) is 0 Å². The third-order valence-electron chi connectivity index (χ3n) is 4.71. The van der Waals surface area contributed by atoms with Crippen molar-refractivity contribution in [1.82, 2.24) is 0 Å². The SMILES string of the molecule is O=C(/C=C/C1(O)CCCCCCCCCCC1)Sc1ccccc1. The Morgan fingerprint density at radius 1 is 0.875 bits per heavy atom. The molecule has 0 radical (unpaired) electrons. The molecule has 3 heteroatoms. The minimum absolute atomic E-state index is 0.0132. The lowest BCUT2D eigenvalue weighted by Crippen LogP contribution is -2.26. The summed E-state index contributed by atoms with van der Waals surface area (Å²) in [5, 5.41) is 10.9. The minimum Gasteiger partial charge on any atom is -0.386 e. The van der Waals surface area contributed by atoms with Crippen molar-refractivity contribution in [3.63, 3.8) is 0 Å². The van der Waals surface area contributed by atoms with Crippen molar-refractivity contribution in [2.45, 2.75) is 81.1 Å². The van der Waals surface area contributed by atoms with E-state index in [0.717, 1.165) is 30.6 Å². The highest BCUT2D eigenvalue weighted by molar-refractivity contribution is 8.14. The van der Waals surface area contributed by atoms with Crippen molar-refractivity contribution in [3.05, 3.63) is 42.5 Å². The third kappa shape index (κ3) is 7.67. The van der Waals surface area contributed by atoms with Crippen molar-refractivity contribution >= 4 is 16.9 Å². The molecule has 2 nitrogen and oxygen atoms in total. The Morgan fingerprint density at radius 2 is 1.38 bits per heavy atom. The molecule has 2 rings (SSSR count). The van der Waals surface area contributed by atoms with E-state index >= 15 is 0 Å². The molecule has 1 aromatic carbocycles. The second-order valence-electron chi connectivity index (χ2n) is 6.85. The smallest absolute Gasteiger partial charge is 0.216 e. The molecule has 0 saturated heterocycles. The van der Waals surface area contributed by atoms with Crippen LogP contribution in [0.4, 0.5) is 0 Å². The minimum atomic E-state index is -0.813. The Bertz CT molecular complexity index is 498. The zero-order valence-electron chi connectivity index (χ0n) is 14.6. The molecule has 24 heavy (non-hydrogen) atoms. The van der Waals surface area contributed by atoms with Gasteiger partial charge in [-0.1, -0.05) is 76.0 Å². The van der Waals surface area contributed by atoms with Crippen molar-refractivity contribution in [2.24, 2.45) is 0 Å². The van der Waals surface area contributed by atoms with Crippen LogP contribution in [0.15, 0.2) is 47.4 Å². The van der Waals surface area contributed by atoms with Gasteiger partial charge in [-0.25, -0.2) is 0 Å². The summed E-state index contributed by atoms with van der Waals surface area (Å²) in [7, 11) is 0. The zero-order valence-corrected chi connectivity index (χ0v) is 15.4. The highest BCUT2D eigenvalue weighted by Crippen LogP contribution is 2.27. The molecule has 0 aromatic heterocycles. The van der Waals surface area contributed by atoms with E-state index in [2.05, 4.69) is 0 Å². The molecule has 0 spiro atoms. The summed E-state index contributed by atoms with van der Waals surface area (Å²) in [5.74, 6) is 0. The number of carbonyl (C=O) groups excluding carboxylic acids is 1. The Balaban J connectivity index is 1.90. The van der Waals surface area contributed by atoms with E-state index in [1.165, 1.54) is 56.7 Å². The van der Waals surface area contributed by atoms with Crippen LogP contribution in [0.25, 0.3) is 0 Å². The maximum absolute atomic E-state index is 12.1. The molecule has 1 saturated carbocycles. The summed E-state index contributed by atoms with van der Waals surface area (Å²) in [6, 6.07) is 9.67. The lowest BCUT2D eigenvalue weighted by molar-refractivity contribution is -0.107. The fourth-order valence-corrected chi connectivity index (χ4v) is 3.91. The standard InChI is InChI=1S/C21H30O2S/c22-20(24-19-13-9-8-10-14-19)15-18-21(23)16-11-6-4-2-1-3-5-7-12-17-21/h8-10,13-15,18,23H,1-7,11-12,16-17H2/b18-15+. The molecule has 0 amide bonds. The largest absolute Gasteiger partial charge is 0.386 e. The molecule has 1 aromatic rings. The van der Waals surface area contributed by atoms with Gasteiger partial charge in [0.25, 0.3) is 0 Å². The van der Waals surface area contributed by atoms with Gasteiger partial charge < -0.3 is 5.11 Å². The number of thioether (sulfide) groups is 1. The van der Waals surface area contributed by atoms with Gasteiger partial charge in [0.05, 0.1) is 5.60 Å². The van der Waals surface area contributed by atoms with Gasteiger partial charge in [0.2, 0.25) is 5.12 Å². The van der Waals surface area contributed by atoms with Crippen LogP contribution < -0.4 is 0 Å². The molecule has 0 unspecified atom stereocenters. The van der Waals surface area contributed by atoms with Crippen LogP contribution in [0.2, 0.25) is 0 Å². The van der Waals surface area contributed by atoms with Gasteiger partial charge in [0, 0.05) is 4.90 Å². The molecule has 1 aliphatic carbocycles. The summed E-state index contributed by atoms with van der Waals surface area (Å²) in [4.78, 5) is 13.1. The molecule has 132 valence electrons. The number of carbonyl (C=O) groups is 1. The quantitative estimate of drug-likeness (QED) is 0.547. The molecule has 1 N–H and O–H groups in total. The highest BCUT2D eigenvalue weighted by atomic mass is 32.2. The fraction of sp³-hybridized carbons (Fsp3) is 0.571. The van der Waals surface area contributed by atoms with Crippen LogP contribution in [0, 0.1) is 0 Å². The van der Waals surface area contributed by atoms with Gasteiger partial charge in [-0.2, -0.15) is 0 Å². The van der Waals surface area contributed by atoms with E-state index in [-0.39, 0.29) is 5.12 Å². The van der Waals surface area contributed by atoms with Gasteiger partial charge in [-0.05, 0) is 48.9 Å². The molecule has 0 atom stereocenters. The molecule has 0 heterocycles. The van der Waals surface area contributed by atoms with Crippen molar-refractivity contribution in [2.75, 3.05) is 0 Å². The average Bonchev–Trinajstić information content (AvgIpc) is 2.58. The third-order valence-corrected chi connectivity index (χ3v) is 5.56. The Labute approximate surface area is 150 Å². The average molecular weight is 347 g/mol. The molecule has 0 bridgehead atoms. The van der Waals surface area contributed by atoms with E-state index in [1.54, 1.807) is 12.2 Å². The normalized spacial score (nSPS) is 20.2. The van der Waals surface area contributed by atoms with Crippen molar-refractivity contribution in [1.29, 1.82) is 0 Å². The Kier molecular flexibility index (Phi) is 8.62. The Hall–Kier alpha value is -1.06. The van der Waals surface area contributed by atoms with Crippen LogP contribution in [0.1, 0.15) is 70.6 Å². The number of hydrogen-bond acceptors (Lipinski definition) is 3. The van der Waals surface area contributed by atoms with Crippen LogP contribution in [-0.4, -0.2) is 15.8 Å². The van der Waals surface area contributed by atoms with Crippen molar-refractivity contribution < 1.29 is 9.90 Å². The van der Waals surface area contributed by atoms with Gasteiger partial charge in [-0.3, -0.25) is 4.79 Å². The fourth-order valence-electron chi connectivity index (χ4n) is 3.25. The molecular formula is C21H30O2S. The summed E-state index contributed by atoms with van der Waals surface area (Å²) in [6.07, 6.45) is 15.9. The maximum Gasteiger partial charge on any atom is 0.216 e. The predicted molar refractivity (Wildman–Crippen MR) is 102 cm³/mol. The summed E-state index contributed by atoms with van der Waals surface area (Å²) >= 11 is 1.22.